The van der Waals surface area contributed by atoms with Crippen molar-refractivity contribution >= 4 is 18.4 Å². The van der Waals surface area contributed by atoms with Crippen molar-refractivity contribution < 1.29 is 9.84 Å². The van der Waals surface area contributed by atoms with Gasteiger partial charge < -0.3 is 9.84 Å². The van der Waals surface area contributed by atoms with Crippen LogP contribution < -0.4 is 4.74 Å². The van der Waals surface area contributed by atoms with Crippen LogP contribution in [0.2, 0.25) is 0 Å². The number of H-pyrrole nitrogens is 1. The van der Waals surface area contributed by atoms with Crippen LogP contribution in [0.25, 0.3) is 11.4 Å². The summed E-state index contributed by atoms with van der Waals surface area (Å²) in [6, 6.07) is 13.3. The highest BCUT2D eigenvalue weighted by Crippen LogP contribution is 2.27. The number of phenolic OH excluding ortho intramolecular Hbond substituents is 1. The van der Waals surface area contributed by atoms with Gasteiger partial charge in [-0.1, -0.05) is 45.0 Å². The lowest BCUT2D eigenvalue weighted by atomic mass is 9.87. The molecular formula is C21H24N4O2S. The number of aromatic amines is 1. The summed E-state index contributed by atoms with van der Waals surface area (Å²) in [4.78, 5) is 0. The Morgan fingerprint density at radius 3 is 2.57 bits per heavy atom. The van der Waals surface area contributed by atoms with Crippen molar-refractivity contribution in [3.8, 4) is 22.9 Å². The first-order chi connectivity index (χ1) is 13.3. The minimum Gasteiger partial charge on any atom is -0.504 e. The molecule has 0 atom stereocenters. The molecule has 0 radical (unpaired) electrons. The molecule has 0 amide bonds. The number of aromatic hydroxyl groups is 1. The Labute approximate surface area is 169 Å². The number of rotatable bonds is 5. The van der Waals surface area contributed by atoms with E-state index in [0.29, 0.717) is 23.0 Å². The Balaban J connectivity index is 1.93. The minimum absolute atomic E-state index is 0.0819. The van der Waals surface area contributed by atoms with Gasteiger partial charge in [0.2, 0.25) is 4.77 Å². The van der Waals surface area contributed by atoms with Crippen LogP contribution in [0.4, 0.5) is 0 Å². The fraction of sp³-hybridized carbons (Fsp3) is 0.286. The molecule has 0 aliphatic rings. The highest BCUT2D eigenvalue weighted by atomic mass is 32.1. The largest absolute Gasteiger partial charge is 0.504 e. The predicted octanol–water partition coefficient (Wildman–Crippen LogP) is 4.89. The molecule has 0 fully saturated rings. The van der Waals surface area contributed by atoms with E-state index in [1.54, 1.807) is 29.1 Å². The maximum absolute atomic E-state index is 9.83. The number of benzene rings is 2. The fourth-order valence-electron chi connectivity index (χ4n) is 2.71. The van der Waals surface area contributed by atoms with Crippen molar-refractivity contribution in [2.75, 3.05) is 6.61 Å². The van der Waals surface area contributed by atoms with E-state index >= 15 is 0 Å². The smallest absolute Gasteiger partial charge is 0.216 e. The number of nitrogens with one attached hydrogen (secondary N) is 1. The molecule has 0 saturated carbocycles. The SMILES string of the molecule is CCOc1cc(C=Nn2c(-c3ccc(C(C)(C)C)cc3)n[nH]c2=S)ccc1O. The van der Waals surface area contributed by atoms with Crippen molar-refractivity contribution in [2.24, 2.45) is 5.10 Å². The monoisotopic (exact) mass is 396 g/mol. The standard InChI is InChI=1S/C21H24N4O2S/c1-5-27-18-12-14(6-11-17(18)26)13-22-25-19(23-24-20(25)28)15-7-9-16(10-8-15)21(2,3)4/h6-13,26H,5H2,1-4H3,(H,24,28). The molecule has 1 aromatic heterocycles. The maximum atomic E-state index is 9.83. The van der Waals surface area contributed by atoms with Gasteiger partial charge in [0.15, 0.2) is 17.3 Å². The van der Waals surface area contributed by atoms with E-state index in [9.17, 15) is 5.11 Å². The molecule has 0 aliphatic carbocycles. The first-order valence-electron chi connectivity index (χ1n) is 9.08. The van der Waals surface area contributed by atoms with Crippen LogP contribution >= 0.6 is 12.2 Å². The van der Waals surface area contributed by atoms with E-state index in [0.717, 1.165) is 11.1 Å². The van der Waals surface area contributed by atoms with Crippen LogP contribution in [-0.2, 0) is 5.41 Å². The van der Waals surface area contributed by atoms with Gasteiger partial charge in [0.1, 0.15) is 0 Å². The molecule has 7 heteroatoms. The Hall–Kier alpha value is -2.93. The molecule has 2 N–H and O–H groups in total. The molecule has 6 nitrogen and oxygen atoms in total. The van der Waals surface area contributed by atoms with Gasteiger partial charge in [-0.3, -0.25) is 0 Å². The second-order valence-electron chi connectivity index (χ2n) is 7.40. The van der Waals surface area contributed by atoms with Gasteiger partial charge in [0, 0.05) is 5.56 Å². The number of ether oxygens (including phenoxy) is 1. The van der Waals surface area contributed by atoms with Gasteiger partial charge in [0.25, 0.3) is 0 Å². The molecule has 3 rings (SSSR count). The molecule has 0 spiro atoms. The van der Waals surface area contributed by atoms with Crippen molar-refractivity contribution in [1.82, 2.24) is 14.9 Å². The summed E-state index contributed by atoms with van der Waals surface area (Å²) in [5.74, 6) is 1.14. The first kappa shape index (κ1) is 19.8. The summed E-state index contributed by atoms with van der Waals surface area (Å²) in [6.45, 7) is 8.86. The zero-order valence-electron chi connectivity index (χ0n) is 16.4. The Morgan fingerprint density at radius 1 is 1.21 bits per heavy atom. The number of phenols is 1. The third-order valence-corrected chi connectivity index (χ3v) is 4.53. The zero-order chi connectivity index (χ0) is 20.3. The van der Waals surface area contributed by atoms with Crippen molar-refractivity contribution in [2.45, 2.75) is 33.1 Å². The maximum Gasteiger partial charge on any atom is 0.216 e. The van der Waals surface area contributed by atoms with Gasteiger partial charge in [-0.2, -0.15) is 14.9 Å². The summed E-state index contributed by atoms with van der Waals surface area (Å²) in [5, 5.41) is 21.4. The zero-order valence-corrected chi connectivity index (χ0v) is 17.2. The third kappa shape index (κ3) is 4.31. The average Bonchev–Trinajstić information content (AvgIpc) is 3.02. The van der Waals surface area contributed by atoms with E-state index in [2.05, 4.69) is 48.2 Å². The molecule has 2 aromatic carbocycles. The van der Waals surface area contributed by atoms with Crippen LogP contribution in [0.1, 0.15) is 38.8 Å². The van der Waals surface area contributed by atoms with Gasteiger partial charge in [-0.15, -0.1) is 0 Å². The minimum atomic E-state index is 0.0819. The van der Waals surface area contributed by atoms with E-state index in [4.69, 9.17) is 17.0 Å². The molecular weight excluding hydrogens is 372 g/mol. The van der Waals surface area contributed by atoms with Crippen LogP contribution in [-0.4, -0.2) is 32.8 Å². The average molecular weight is 397 g/mol. The topological polar surface area (TPSA) is 75.4 Å². The summed E-state index contributed by atoms with van der Waals surface area (Å²) in [5.41, 5.74) is 3.02. The van der Waals surface area contributed by atoms with Crippen molar-refractivity contribution in [1.29, 1.82) is 0 Å². The lowest BCUT2D eigenvalue weighted by Crippen LogP contribution is -2.10. The van der Waals surface area contributed by atoms with Crippen LogP contribution in [0.5, 0.6) is 11.5 Å². The lowest BCUT2D eigenvalue weighted by Gasteiger charge is -2.18. The Kier molecular flexibility index (Phi) is 5.65. The summed E-state index contributed by atoms with van der Waals surface area (Å²) >= 11 is 5.33. The number of nitrogens with zero attached hydrogens (tertiary/aromatic N) is 3. The highest BCUT2D eigenvalue weighted by molar-refractivity contribution is 7.71. The van der Waals surface area contributed by atoms with E-state index < -0.39 is 0 Å². The van der Waals surface area contributed by atoms with Crippen molar-refractivity contribution in [3.63, 3.8) is 0 Å². The summed E-state index contributed by atoms with van der Waals surface area (Å²) in [7, 11) is 0. The highest BCUT2D eigenvalue weighted by Gasteiger charge is 2.14. The van der Waals surface area contributed by atoms with Crippen LogP contribution in [0, 0.1) is 4.77 Å². The molecule has 0 saturated heterocycles. The normalized spacial score (nSPS) is 11.9. The van der Waals surface area contributed by atoms with E-state index in [1.807, 2.05) is 19.1 Å². The molecule has 0 unspecified atom stereocenters. The summed E-state index contributed by atoms with van der Waals surface area (Å²) < 4.78 is 7.39. The fourth-order valence-corrected chi connectivity index (χ4v) is 2.89. The van der Waals surface area contributed by atoms with Gasteiger partial charge in [-0.25, -0.2) is 5.10 Å². The van der Waals surface area contributed by atoms with Gasteiger partial charge in [0.05, 0.1) is 12.8 Å². The molecule has 0 aliphatic heterocycles. The van der Waals surface area contributed by atoms with Crippen molar-refractivity contribution in [3.05, 3.63) is 58.4 Å². The van der Waals surface area contributed by atoms with E-state index in [-0.39, 0.29) is 11.2 Å². The van der Waals surface area contributed by atoms with Gasteiger partial charge in [-0.05, 0) is 53.9 Å². The molecule has 28 heavy (non-hydrogen) atoms. The van der Waals surface area contributed by atoms with Crippen LogP contribution in [0.3, 0.4) is 0 Å². The number of aromatic nitrogens is 3. The first-order valence-corrected chi connectivity index (χ1v) is 9.49. The molecule has 1 heterocycles. The van der Waals surface area contributed by atoms with E-state index in [1.165, 1.54) is 5.56 Å². The quantitative estimate of drug-likeness (QED) is 0.475. The third-order valence-electron chi connectivity index (χ3n) is 4.27. The predicted molar refractivity (Wildman–Crippen MR) is 114 cm³/mol. The lowest BCUT2D eigenvalue weighted by molar-refractivity contribution is 0.318. The second-order valence-corrected chi connectivity index (χ2v) is 7.78. The Bertz CT molecular complexity index is 1040. The Morgan fingerprint density at radius 2 is 1.93 bits per heavy atom. The molecule has 146 valence electrons. The second kappa shape index (κ2) is 7.98. The van der Waals surface area contributed by atoms with Gasteiger partial charge >= 0.3 is 0 Å². The number of hydrogen-bond acceptors (Lipinski definition) is 5. The number of hydrogen-bond donors (Lipinski definition) is 2. The molecule has 0 bridgehead atoms. The van der Waals surface area contributed by atoms with Crippen LogP contribution in [0.15, 0.2) is 47.6 Å². The molecule has 3 aromatic rings. The summed E-state index contributed by atoms with van der Waals surface area (Å²) in [6.07, 6.45) is 1.65.